The molecule has 1 aromatic rings. The molecule has 0 spiro atoms. The summed E-state index contributed by atoms with van der Waals surface area (Å²) in [5.74, 6) is -1.38. The van der Waals surface area contributed by atoms with E-state index in [0.717, 1.165) is 17.3 Å². The van der Waals surface area contributed by atoms with Crippen LogP contribution < -0.4 is 5.32 Å². The van der Waals surface area contributed by atoms with Crippen LogP contribution in [0, 0.1) is 0 Å². The second-order valence-corrected chi connectivity index (χ2v) is 5.92. The van der Waals surface area contributed by atoms with Gasteiger partial charge >= 0.3 is 5.97 Å². The Balaban J connectivity index is 2.07. The number of hydrogen-bond donors (Lipinski definition) is 2. The summed E-state index contributed by atoms with van der Waals surface area (Å²) in [5, 5.41) is 19.5. The van der Waals surface area contributed by atoms with Crippen LogP contribution in [0.15, 0.2) is 34.5 Å². The van der Waals surface area contributed by atoms with Crippen molar-refractivity contribution in [2.75, 3.05) is 0 Å². The Labute approximate surface area is 130 Å². The maximum Gasteiger partial charge on any atom is 0.305 e. The van der Waals surface area contributed by atoms with Gasteiger partial charge in [-0.1, -0.05) is 35.5 Å². The molecule has 1 atom stereocenters. The van der Waals surface area contributed by atoms with Crippen LogP contribution >= 0.6 is 23.4 Å². The summed E-state index contributed by atoms with van der Waals surface area (Å²) in [6, 6.07) is 7.12. The fourth-order valence-electron chi connectivity index (χ4n) is 1.61. The lowest BCUT2D eigenvalue weighted by Gasteiger charge is -1.99. The van der Waals surface area contributed by atoms with Crippen molar-refractivity contribution in [3.05, 3.63) is 34.9 Å². The quantitative estimate of drug-likeness (QED) is 0.655. The molecule has 1 amide bonds. The molecular weight excluding hydrogens is 314 g/mol. The molecule has 1 aromatic carbocycles. The Kier molecular flexibility index (Phi) is 4.98. The van der Waals surface area contributed by atoms with Gasteiger partial charge in [0.1, 0.15) is 5.25 Å². The molecule has 0 unspecified atom stereocenters. The number of amides is 1. The molecule has 1 heterocycles. The molecule has 2 rings (SSSR count). The van der Waals surface area contributed by atoms with Crippen LogP contribution in [0.2, 0.25) is 5.02 Å². The van der Waals surface area contributed by atoms with Crippen molar-refractivity contribution in [2.45, 2.75) is 18.6 Å². The standard InChI is InChI=1S/C13H12ClN3O3S/c1-7(8-2-4-9(14)5-3-8)16-17-13-15-12(20)10(21-13)6-11(18)19/h2-5,10H,6H2,1H3,(H,18,19)(H,15,17,20)/b16-7+/t10-/m1/s1. The lowest BCUT2D eigenvalue weighted by Crippen LogP contribution is -2.26. The Morgan fingerprint density at radius 1 is 1.43 bits per heavy atom. The number of carbonyl (C=O) groups is 2. The lowest BCUT2D eigenvalue weighted by atomic mass is 10.1. The van der Waals surface area contributed by atoms with Gasteiger partial charge in [-0.05, 0) is 24.6 Å². The number of aliphatic carboxylic acids is 1. The minimum Gasteiger partial charge on any atom is -0.481 e. The van der Waals surface area contributed by atoms with Gasteiger partial charge in [0.25, 0.3) is 0 Å². The zero-order valence-electron chi connectivity index (χ0n) is 11.0. The van der Waals surface area contributed by atoms with Crippen LogP contribution in [0.4, 0.5) is 0 Å². The van der Waals surface area contributed by atoms with Crippen molar-refractivity contribution >= 4 is 46.1 Å². The predicted molar refractivity (Wildman–Crippen MR) is 82.9 cm³/mol. The maximum atomic E-state index is 11.5. The largest absolute Gasteiger partial charge is 0.481 e. The molecule has 2 N–H and O–H groups in total. The molecule has 8 heteroatoms. The third-order valence-electron chi connectivity index (χ3n) is 2.69. The van der Waals surface area contributed by atoms with Crippen LogP contribution in [0.25, 0.3) is 0 Å². The number of nitrogens with zero attached hydrogens (tertiary/aromatic N) is 2. The molecule has 1 fully saturated rings. The second kappa shape index (κ2) is 6.73. The van der Waals surface area contributed by atoms with Crippen LogP contribution in [-0.4, -0.2) is 33.1 Å². The Hall–Kier alpha value is -1.86. The van der Waals surface area contributed by atoms with E-state index in [-0.39, 0.29) is 12.3 Å². The van der Waals surface area contributed by atoms with E-state index in [2.05, 4.69) is 15.5 Å². The third kappa shape index (κ3) is 4.30. The summed E-state index contributed by atoms with van der Waals surface area (Å²) < 4.78 is 0. The van der Waals surface area contributed by atoms with Crippen molar-refractivity contribution < 1.29 is 14.7 Å². The van der Waals surface area contributed by atoms with E-state index in [1.165, 1.54) is 0 Å². The number of rotatable bonds is 4. The van der Waals surface area contributed by atoms with E-state index in [4.69, 9.17) is 16.7 Å². The summed E-state index contributed by atoms with van der Waals surface area (Å²) in [4.78, 5) is 22.1. The highest BCUT2D eigenvalue weighted by Gasteiger charge is 2.32. The SMILES string of the molecule is C/C(=N\N=C1\NC(=O)[C@@H](CC(=O)O)S1)c1ccc(Cl)cc1. The Morgan fingerprint density at radius 2 is 2.10 bits per heavy atom. The van der Waals surface area contributed by atoms with Crippen molar-refractivity contribution in [1.29, 1.82) is 0 Å². The first-order valence-corrected chi connectivity index (χ1v) is 7.29. The normalized spacial score (nSPS) is 20.7. The van der Waals surface area contributed by atoms with Gasteiger partial charge in [-0.2, -0.15) is 5.10 Å². The number of benzene rings is 1. The van der Waals surface area contributed by atoms with E-state index in [1.54, 1.807) is 19.1 Å². The third-order valence-corrected chi connectivity index (χ3v) is 4.01. The summed E-state index contributed by atoms with van der Waals surface area (Å²) in [6.45, 7) is 1.78. The minimum absolute atomic E-state index is 0.241. The van der Waals surface area contributed by atoms with Gasteiger partial charge in [0, 0.05) is 5.02 Å². The van der Waals surface area contributed by atoms with Crippen LogP contribution in [0.5, 0.6) is 0 Å². The number of halogens is 1. The number of carboxylic acids is 1. The molecule has 1 aliphatic heterocycles. The van der Waals surface area contributed by atoms with E-state index < -0.39 is 11.2 Å². The van der Waals surface area contributed by atoms with Gasteiger partial charge in [-0.3, -0.25) is 9.59 Å². The van der Waals surface area contributed by atoms with Gasteiger partial charge < -0.3 is 10.4 Å². The summed E-state index contributed by atoms with van der Waals surface area (Å²) >= 11 is 6.87. The number of nitrogens with one attached hydrogen (secondary N) is 1. The Morgan fingerprint density at radius 3 is 2.71 bits per heavy atom. The van der Waals surface area contributed by atoms with E-state index in [0.29, 0.717) is 15.9 Å². The zero-order valence-corrected chi connectivity index (χ0v) is 12.6. The first-order valence-electron chi connectivity index (χ1n) is 6.03. The molecule has 110 valence electrons. The highest BCUT2D eigenvalue weighted by Crippen LogP contribution is 2.22. The first kappa shape index (κ1) is 15.5. The van der Waals surface area contributed by atoms with Crippen LogP contribution in [0.3, 0.4) is 0 Å². The lowest BCUT2D eigenvalue weighted by molar-refractivity contribution is -0.138. The minimum atomic E-state index is -1.02. The molecule has 1 aliphatic rings. The fourth-order valence-corrected chi connectivity index (χ4v) is 2.65. The average Bonchev–Trinajstić information content (AvgIpc) is 2.77. The number of carboxylic acid groups (broad SMARTS) is 1. The van der Waals surface area contributed by atoms with Gasteiger partial charge in [0.2, 0.25) is 5.91 Å². The summed E-state index contributed by atoms with van der Waals surface area (Å²) in [6.07, 6.45) is -0.241. The second-order valence-electron chi connectivity index (χ2n) is 4.29. The highest BCUT2D eigenvalue weighted by molar-refractivity contribution is 8.15. The number of carbonyl (C=O) groups excluding carboxylic acids is 1. The van der Waals surface area contributed by atoms with Gasteiger partial charge in [-0.15, -0.1) is 5.10 Å². The smallest absolute Gasteiger partial charge is 0.305 e. The van der Waals surface area contributed by atoms with E-state index >= 15 is 0 Å². The molecule has 0 radical (unpaired) electrons. The topological polar surface area (TPSA) is 91.1 Å². The maximum absolute atomic E-state index is 11.5. The van der Waals surface area contributed by atoms with E-state index in [1.807, 2.05) is 12.1 Å². The van der Waals surface area contributed by atoms with E-state index in [9.17, 15) is 9.59 Å². The molecule has 0 bridgehead atoms. The first-order chi connectivity index (χ1) is 9.95. The molecule has 21 heavy (non-hydrogen) atoms. The highest BCUT2D eigenvalue weighted by atomic mass is 35.5. The molecular formula is C13H12ClN3O3S. The Bertz CT molecular complexity index is 628. The molecule has 0 aliphatic carbocycles. The summed E-state index contributed by atoms with van der Waals surface area (Å²) in [7, 11) is 0. The van der Waals surface area contributed by atoms with Crippen molar-refractivity contribution in [3.8, 4) is 0 Å². The summed E-state index contributed by atoms with van der Waals surface area (Å²) in [5.41, 5.74) is 1.52. The number of amidine groups is 1. The van der Waals surface area contributed by atoms with Crippen molar-refractivity contribution in [2.24, 2.45) is 10.2 Å². The predicted octanol–water partition coefficient (Wildman–Crippen LogP) is 2.13. The van der Waals surface area contributed by atoms with Crippen LogP contribution in [-0.2, 0) is 9.59 Å². The van der Waals surface area contributed by atoms with Gasteiger partial charge in [-0.25, -0.2) is 0 Å². The number of hydrogen-bond acceptors (Lipinski definition) is 5. The fraction of sp³-hybridized carbons (Fsp3) is 0.231. The zero-order chi connectivity index (χ0) is 15.4. The number of thioether (sulfide) groups is 1. The van der Waals surface area contributed by atoms with Crippen LogP contribution in [0.1, 0.15) is 18.9 Å². The molecule has 0 aromatic heterocycles. The monoisotopic (exact) mass is 325 g/mol. The molecule has 6 nitrogen and oxygen atoms in total. The average molecular weight is 326 g/mol. The van der Waals surface area contributed by atoms with Crippen molar-refractivity contribution in [1.82, 2.24) is 5.32 Å². The van der Waals surface area contributed by atoms with Crippen molar-refractivity contribution in [3.63, 3.8) is 0 Å². The molecule has 0 saturated carbocycles. The van der Waals surface area contributed by atoms with Gasteiger partial charge in [0.05, 0.1) is 12.1 Å². The van der Waals surface area contributed by atoms with Gasteiger partial charge in [0.15, 0.2) is 5.17 Å². The molecule has 1 saturated heterocycles.